The summed E-state index contributed by atoms with van der Waals surface area (Å²) in [7, 11) is 3.50. The molecule has 1 heterocycles. The van der Waals surface area contributed by atoms with Gasteiger partial charge in [-0.15, -0.1) is 0 Å². The third-order valence-corrected chi connectivity index (χ3v) is 8.51. The summed E-state index contributed by atoms with van der Waals surface area (Å²) in [5.74, 6) is -1.57. The van der Waals surface area contributed by atoms with E-state index < -0.39 is 28.2 Å². The zero-order chi connectivity index (χ0) is 26.8. The molecule has 1 aromatic rings. The molecule has 0 spiro atoms. The van der Waals surface area contributed by atoms with E-state index in [4.69, 9.17) is 16.3 Å². The van der Waals surface area contributed by atoms with Crippen LogP contribution in [-0.4, -0.2) is 62.5 Å². The standard InChI is InChI=1S/C28H44ClF2N3O3/c1-32-18-22(17-20-9-4-3-5-10-20)33-27(35)34-15-8-11-21(19-34)28(36,14-6-7-16-37-2)23-12-13-24(30)25(29)26(23)31/h12-13,20-22,32,36H,3-11,14-19H2,1-2H3,(H,33,35)/t21?,22?,28-/m1/s1. The molecule has 0 bridgehead atoms. The number of urea groups is 1. The number of likely N-dealkylation sites (tertiary alicyclic amines) is 1. The Morgan fingerprint density at radius 2 is 1.97 bits per heavy atom. The van der Waals surface area contributed by atoms with Crippen LogP contribution in [0.15, 0.2) is 12.1 Å². The highest BCUT2D eigenvalue weighted by atomic mass is 35.5. The van der Waals surface area contributed by atoms with Crippen LogP contribution in [-0.2, 0) is 10.3 Å². The molecule has 2 unspecified atom stereocenters. The first kappa shape index (κ1) is 30.1. The van der Waals surface area contributed by atoms with Gasteiger partial charge in [0.25, 0.3) is 0 Å². The average Bonchev–Trinajstić information content (AvgIpc) is 2.90. The largest absolute Gasteiger partial charge is 0.385 e. The molecule has 2 fully saturated rings. The van der Waals surface area contributed by atoms with E-state index in [0.29, 0.717) is 51.3 Å². The Hall–Kier alpha value is -1.48. The topological polar surface area (TPSA) is 73.8 Å². The van der Waals surface area contributed by atoms with Gasteiger partial charge in [0, 0.05) is 50.9 Å². The van der Waals surface area contributed by atoms with Gasteiger partial charge in [-0.1, -0.05) is 49.8 Å². The van der Waals surface area contributed by atoms with Crippen LogP contribution in [0.1, 0.15) is 76.2 Å². The predicted octanol–water partition coefficient (Wildman–Crippen LogP) is 5.60. The zero-order valence-corrected chi connectivity index (χ0v) is 23.1. The smallest absolute Gasteiger partial charge is 0.317 e. The van der Waals surface area contributed by atoms with Gasteiger partial charge in [-0.25, -0.2) is 13.6 Å². The molecule has 1 aromatic carbocycles. The molecular formula is C28H44ClF2N3O3. The molecule has 3 atom stereocenters. The number of hydrogen-bond acceptors (Lipinski definition) is 4. The van der Waals surface area contributed by atoms with Crippen molar-refractivity contribution in [1.29, 1.82) is 0 Å². The second-order valence-electron chi connectivity index (χ2n) is 10.8. The van der Waals surface area contributed by atoms with Gasteiger partial charge in [0.2, 0.25) is 0 Å². The highest BCUT2D eigenvalue weighted by Crippen LogP contribution is 2.42. The fraction of sp³-hybridized carbons (Fsp3) is 0.750. The van der Waals surface area contributed by atoms with Crippen LogP contribution in [0.4, 0.5) is 13.6 Å². The molecule has 3 rings (SSSR count). The lowest BCUT2D eigenvalue weighted by molar-refractivity contribution is -0.0588. The second kappa shape index (κ2) is 14.6. The first-order valence-corrected chi connectivity index (χ1v) is 14.2. The number of methoxy groups -OCH3 is 1. The van der Waals surface area contributed by atoms with E-state index in [1.807, 2.05) is 7.05 Å². The number of carbonyl (C=O) groups is 1. The van der Waals surface area contributed by atoms with Gasteiger partial charge >= 0.3 is 6.03 Å². The summed E-state index contributed by atoms with van der Waals surface area (Å²) < 4.78 is 34.2. The summed E-state index contributed by atoms with van der Waals surface area (Å²) in [4.78, 5) is 15.1. The Morgan fingerprint density at radius 3 is 2.68 bits per heavy atom. The molecule has 210 valence electrons. The van der Waals surface area contributed by atoms with Crippen LogP contribution in [0.5, 0.6) is 0 Å². The third-order valence-electron chi connectivity index (χ3n) is 8.16. The summed E-state index contributed by atoms with van der Waals surface area (Å²) >= 11 is 5.90. The molecular weight excluding hydrogens is 500 g/mol. The molecule has 6 nitrogen and oxygen atoms in total. The normalized spacial score (nSPS) is 21.5. The van der Waals surface area contributed by atoms with Gasteiger partial charge in [-0.05, 0) is 57.6 Å². The van der Waals surface area contributed by atoms with Gasteiger partial charge < -0.3 is 25.4 Å². The van der Waals surface area contributed by atoms with Crippen molar-refractivity contribution in [3.63, 3.8) is 0 Å². The lowest BCUT2D eigenvalue weighted by atomic mass is 9.74. The SMILES string of the molecule is CNCC(CC1CCCCC1)NC(=O)N1CCCC([C@](O)(CCCCOC)c2ccc(F)c(Cl)c2F)C1. The van der Waals surface area contributed by atoms with E-state index in [9.17, 15) is 14.3 Å². The molecule has 1 aliphatic heterocycles. The van der Waals surface area contributed by atoms with E-state index in [1.165, 1.54) is 38.2 Å². The van der Waals surface area contributed by atoms with Crippen LogP contribution in [0, 0.1) is 23.5 Å². The van der Waals surface area contributed by atoms with Crippen LogP contribution in [0.2, 0.25) is 5.02 Å². The first-order valence-electron chi connectivity index (χ1n) is 13.9. The number of aliphatic hydroxyl groups is 1. The molecule has 1 saturated heterocycles. The number of carbonyl (C=O) groups excluding carboxylic acids is 1. The number of nitrogens with zero attached hydrogens (tertiary/aromatic N) is 1. The van der Waals surface area contributed by atoms with Crippen molar-refractivity contribution >= 4 is 17.6 Å². The predicted molar refractivity (Wildman–Crippen MR) is 143 cm³/mol. The lowest BCUT2D eigenvalue weighted by Gasteiger charge is -2.43. The number of likely N-dealkylation sites (N-methyl/N-ethyl adjacent to an activating group) is 1. The maximum absolute atomic E-state index is 15.2. The van der Waals surface area contributed by atoms with E-state index in [1.54, 1.807) is 12.0 Å². The van der Waals surface area contributed by atoms with Crippen molar-refractivity contribution in [2.45, 2.75) is 82.3 Å². The molecule has 3 N–H and O–H groups in total. The Morgan fingerprint density at radius 1 is 1.22 bits per heavy atom. The Kier molecular flexibility index (Phi) is 11.9. The van der Waals surface area contributed by atoms with Crippen molar-refractivity contribution in [2.24, 2.45) is 11.8 Å². The molecule has 2 amide bonds. The molecule has 37 heavy (non-hydrogen) atoms. The minimum Gasteiger partial charge on any atom is -0.385 e. The van der Waals surface area contributed by atoms with Gasteiger partial charge in [0.05, 0.1) is 5.60 Å². The number of ether oxygens (including phenoxy) is 1. The molecule has 0 radical (unpaired) electrons. The van der Waals surface area contributed by atoms with E-state index in [0.717, 1.165) is 12.5 Å². The van der Waals surface area contributed by atoms with Crippen molar-refractivity contribution in [3.05, 3.63) is 34.4 Å². The maximum atomic E-state index is 15.2. The molecule has 0 aromatic heterocycles. The number of benzene rings is 1. The van der Waals surface area contributed by atoms with Crippen LogP contribution >= 0.6 is 11.6 Å². The first-order chi connectivity index (χ1) is 17.8. The fourth-order valence-electron chi connectivity index (χ4n) is 6.14. The van der Waals surface area contributed by atoms with E-state index >= 15 is 4.39 Å². The summed E-state index contributed by atoms with van der Waals surface area (Å²) in [6, 6.07) is 2.27. The summed E-state index contributed by atoms with van der Waals surface area (Å²) in [6.07, 6.45) is 10.0. The number of amides is 2. The van der Waals surface area contributed by atoms with Crippen molar-refractivity contribution < 1.29 is 23.4 Å². The van der Waals surface area contributed by atoms with Crippen LogP contribution < -0.4 is 10.6 Å². The van der Waals surface area contributed by atoms with Crippen molar-refractivity contribution in [2.75, 3.05) is 40.4 Å². The Bertz CT molecular complexity index is 871. The summed E-state index contributed by atoms with van der Waals surface area (Å²) in [5, 5.41) is 17.8. The number of halogens is 3. The van der Waals surface area contributed by atoms with Gasteiger partial charge in [-0.3, -0.25) is 0 Å². The average molecular weight is 544 g/mol. The molecule has 9 heteroatoms. The van der Waals surface area contributed by atoms with Gasteiger partial charge in [0.1, 0.15) is 10.8 Å². The molecule has 1 aliphatic carbocycles. The van der Waals surface area contributed by atoms with Gasteiger partial charge in [-0.2, -0.15) is 0 Å². The number of hydrogen-bond donors (Lipinski definition) is 3. The van der Waals surface area contributed by atoms with Crippen LogP contribution in [0.3, 0.4) is 0 Å². The number of piperidine rings is 1. The minimum atomic E-state index is -1.58. The lowest BCUT2D eigenvalue weighted by Crippen LogP contribution is -2.54. The van der Waals surface area contributed by atoms with Gasteiger partial charge in [0.15, 0.2) is 5.82 Å². The maximum Gasteiger partial charge on any atom is 0.317 e. The Balaban J connectivity index is 1.74. The number of unbranched alkanes of at least 4 members (excludes halogenated alkanes) is 1. The van der Waals surface area contributed by atoms with Crippen molar-refractivity contribution in [3.8, 4) is 0 Å². The third kappa shape index (κ3) is 8.01. The minimum absolute atomic E-state index is 0.00562. The van der Waals surface area contributed by atoms with Crippen LogP contribution in [0.25, 0.3) is 0 Å². The molecule has 2 aliphatic rings. The Labute approximate surface area is 225 Å². The molecule has 1 saturated carbocycles. The highest BCUT2D eigenvalue weighted by molar-refractivity contribution is 6.31. The fourth-order valence-corrected chi connectivity index (χ4v) is 6.31. The highest BCUT2D eigenvalue weighted by Gasteiger charge is 2.43. The second-order valence-corrected chi connectivity index (χ2v) is 11.2. The summed E-state index contributed by atoms with van der Waals surface area (Å²) in [5.41, 5.74) is -1.59. The number of rotatable bonds is 12. The quantitative estimate of drug-likeness (QED) is 0.237. The summed E-state index contributed by atoms with van der Waals surface area (Å²) in [6.45, 7) is 2.08. The zero-order valence-electron chi connectivity index (χ0n) is 22.3. The van der Waals surface area contributed by atoms with E-state index in [2.05, 4.69) is 10.6 Å². The number of nitrogens with one attached hydrogen (secondary N) is 2. The van der Waals surface area contributed by atoms with Crippen molar-refractivity contribution in [1.82, 2.24) is 15.5 Å². The monoisotopic (exact) mass is 543 g/mol. The van der Waals surface area contributed by atoms with E-state index in [-0.39, 0.29) is 30.6 Å².